The summed E-state index contributed by atoms with van der Waals surface area (Å²) in [6.07, 6.45) is 5.59. The lowest BCUT2D eigenvalue weighted by atomic mass is 10.1. The minimum absolute atomic E-state index is 0.910. The highest BCUT2D eigenvalue weighted by molar-refractivity contribution is 5.93. The van der Waals surface area contributed by atoms with Crippen molar-refractivity contribution in [2.75, 3.05) is 0 Å². The van der Waals surface area contributed by atoms with E-state index in [1.807, 2.05) is 25.4 Å². The fourth-order valence-electron chi connectivity index (χ4n) is 1.80. The SMILES string of the molecule is Cc1[nH]ncc1-c1c[nH]c2ncccc12. The first-order valence-electron chi connectivity index (χ1n) is 4.78. The summed E-state index contributed by atoms with van der Waals surface area (Å²) in [6.45, 7) is 2.01. The van der Waals surface area contributed by atoms with E-state index in [0.717, 1.165) is 27.9 Å². The van der Waals surface area contributed by atoms with E-state index < -0.39 is 0 Å². The first-order chi connectivity index (χ1) is 7.36. The average molecular weight is 198 g/mol. The molecule has 15 heavy (non-hydrogen) atoms. The molecule has 3 aromatic heterocycles. The van der Waals surface area contributed by atoms with Gasteiger partial charge in [-0.2, -0.15) is 5.10 Å². The lowest BCUT2D eigenvalue weighted by molar-refractivity contribution is 1.05. The molecule has 3 rings (SSSR count). The zero-order chi connectivity index (χ0) is 10.3. The molecule has 74 valence electrons. The van der Waals surface area contributed by atoms with E-state index in [2.05, 4.69) is 26.2 Å². The van der Waals surface area contributed by atoms with Crippen LogP contribution in [0.2, 0.25) is 0 Å². The van der Waals surface area contributed by atoms with E-state index >= 15 is 0 Å². The van der Waals surface area contributed by atoms with Gasteiger partial charge in [-0.15, -0.1) is 0 Å². The van der Waals surface area contributed by atoms with E-state index in [4.69, 9.17) is 0 Å². The van der Waals surface area contributed by atoms with Gasteiger partial charge < -0.3 is 4.98 Å². The zero-order valence-corrected chi connectivity index (χ0v) is 8.28. The van der Waals surface area contributed by atoms with Crippen molar-refractivity contribution in [2.24, 2.45) is 0 Å². The summed E-state index contributed by atoms with van der Waals surface area (Å²) in [5, 5.41) is 8.09. The number of nitrogens with one attached hydrogen (secondary N) is 2. The fourth-order valence-corrected chi connectivity index (χ4v) is 1.80. The summed E-state index contributed by atoms with van der Waals surface area (Å²) in [5.74, 6) is 0. The largest absolute Gasteiger partial charge is 0.346 e. The zero-order valence-electron chi connectivity index (χ0n) is 8.28. The van der Waals surface area contributed by atoms with Crippen molar-refractivity contribution in [1.82, 2.24) is 20.2 Å². The van der Waals surface area contributed by atoms with Crippen molar-refractivity contribution in [2.45, 2.75) is 6.92 Å². The summed E-state index contributed by atoms with van der Waals surface area (Å²) in [7, 11) is 0. The van der Waals surface area contributed by atoms with Gasteiger partial charge in [-0.3, -0.25) is 5.10 Å². The number of pyridine rings is 1. The Bertz CT molecular complexity index is 606. The Hall–Kier alpha value is -2.10. The number of rotatable bonds is 1. The predicted octanol–water partition coefficient (Wildman–Crippen LogP) is 2.26. The minimum Gasteiger partial charge on any atom is -0.346 e. The van der Waals surface area contributed by atoms with Crippen LogP contribution in [0.3, 0.4) is 0 Å². The van der Waals surface area contributed by atoms with Gasteiger partial charge in [-0.1, -0.05) is 0 Å². The van der Waals surface area contributed by atoms with Crippen LogP contribution < -0.4 is 0 Å². The number of hydrogen-bond donors (Lipinski definition) is 2. The topological polar surface area (TPSA) is 57.4 Å². The van der Waals surface area contributed by atoms with Crippen LogP contribution in [0.1, 0.15) is 5.69 Å². The molecule has 0 fully saturated rings. The van der Waals surface area contributed by atoms with Gasteiger partial charge in [0.05, 0.1) is 6.20 Å². The molecule has 0 radical (unpaired) electrons. The van der Waals surface area contributed by atoms with E-state index in [0.29, 0.717) is 0 Å². The monoisotopic (exact) mass is 198 g/mol. The Morgan fingerprint density at radius 2 is 2.20 bits per heavy atom. The third-order valence-corrected chi connectivity index (χ3v) is 2.57. The van der Waals surface area contributed by atoms with Crippen molar-refractivity contribution in [3.63, 3.8) is 0 Å². The maximum atomic E-state index is 4.26. The minimum atomic E-state index is 0.910. The molecule has 3 aromatic rings. The number of aromatic nitrogens is 4. The van der Waals surface area contributed by atoms with Crippen LogP contribution >= 0.6 is 0 Å². The molecule has 0 aliphatic carbocycles. The molecule has 0 bridgehead atoms. The summed E-state index contributed by atoms with van der Waals surface area (Å²) in [4.78, 5) is 7.41. The standard InChI is InChI=1S/C11H10N4/c1-7-9(6-14-15-7)10-5-13-11-8(10)3-2-4-12-11/h2-6H,1H3,(H,12,13)(H,14,15). The summed E-state index contributed by atoms with van der Waals surface area (Å²) in [5.41, 5.74) is 4.24. The number of fused-ring (bicyclic) bond motifs is 1. The van der Waals surface area contributed by atoms with Crippen LogP contribution in [0, 0.1) is 6.92 Å². The van der Waals surface area contributed by atoms with Crippen molar-refractivity contribution in [3.8, 4) is 11.1 Å². The Labute approximate surface area is 86.4 Å². The number of nitrogens with zero attached hydrogens (tertiary/aromatic N) is 2. The Morgan fingerprint density at radius 1 is 1.27 bits per heavy atom. The maximum Gasteiger partial charge on any atom is 0.137 e. The highest BCUT2D eigenvalue weighted by atomic mass is 15.1. The summed E-state index contributed by atoms with van der Waals surface area (Å²) in [6, 6.07) is 4.00. The van der Waals surface area contributed by atoms with Crippen LogP contribution in [-0.2, 0) is 0 Å². The van der Waals surface area contributed by atoms with Crippen molar-refractivity contribution in [1.29, 1.82) is 0 Å². The van der Waals surface area contributed by atoms with Gasteiger partial charge in [0.25, 0.3) is 0 Å². The second-order valence-corrected chi connectivity index (χ2v) is 3.51. The number of aromatic amines is 2. The molecule has 0 saturated carbocycles. The number of hydrogen-bond acceptors (Lipinski definition) is 2. The molecular formula is C11H10N4. The van der Waals surface area contributed by atoms with Crippen LogP contribution in [0.4, 0.5) is 0 Å². The highest BCUT2D eigenvalue weighted by Crippen LogP contribution is 2.28. The molecule has 4 nitrogen and oxygen atoms in total. The first-order valence-corrected chi connectivity index (χ1v) is 4.78. The summed E-state index contributed by atoms with van der Waals surface area (Å²) < 4.78 is 0. The molecule has 2 N–H and O–H groups in total. The molecule has 0 unspecified atom stereocenters. The van der Waals surface area contributed by atoms with Crippen molar-refractivity contribution in [3.05, 3.63) is 36.4 Å². The van der Waals surface area contributed by atoms with E-state index in [-0.39, 0.29) is 0 Å². The van der Waals surface area contributed by atoms with Crippen LogP contribution in [0.25, 0.3) is 22.2 Å². The molecule has 4 heteroatoms. The highest BCUT2D eigenvalue weighted by Gasteiger charge is 2.09. The first kappa shape index (κ1) is 8.23. The Balaban J connectivity index is 2.32. The normalized spacial score (nSPS) is 11.0. The quantitative estimate of drug-likeness (QED) is 0.630. The molecule has 0 saturated heterocycles. The molecule has 0 aliphatic heterocycles. The van der Waals surface area contributed by atoms with Gasteiger partial charge in [-0.25, -0.2) is 4.98 Å². The molecule has 0 amide bonds. The third kappa shape index (κ3) is 1.15. The lowest BCUT2D eigenvalue weighted by Gasteiger charge is -1.95. The molecule has 3 heterocycles. The van der Waals surface area contributed by atoms with Gasteiger partial charge in [0, 0.05) is 34.6 Å². The molecule has 0 aliphatic rings. The average Bonchev–Trinajstić information content (AvgIpc) is 2.83. The Morgan fingerprint density at radius 3 is 3.00 bits per heavy atom. The number of H-pyrrole nitrogens is 2. The van der Waals surface area contributed by atoms with E-state index in [9.17, 15) is 0 Å². The second kappa shape index (κ2) is 2.95. The molecule has 0 spiro atoms. The van der Waals surface area contributed by atoms with E-state index in [1.165, 1.54) is 0 Å². The van der Waals surface area contributed by atoms with Gasteiger partial charge >= 0.3 is 0 Å². The van der Waals surface area contributed by atoms with Crippen molar-refractivity contribution >= 4 is 11.0 Å². The van der Waals surface area contributed by atoms with Gasteiger partial charge in [-0.05, 0) is 19.1 Å². The number of aryl methyl sites for hydroxylation is 1. The lowest BCUT2D eigenvalue weighted by Crippen LogP contribution is -1.77. The summed E-state index contributed by atoms with van der Waals surface area (Å²) >= 11 is 0. The molecule has 0 atom stereocenters. The third-order valence-electron chi connectivity index (χ3n) is 2.57. The second-order valence-electron chi connectivity index (χ2n) is 3.51. The fraction of sp³-hybridized carbons (Fsp3) is 0.0909. The molecule has 0 aromatic carbocycles. The Kier molecular flexibility index (Phi) is 1.62. The predicted molar refractivity (Wildman–Crippen MR) is 58.4 cm³/mol. The smallest absolute Gasteiger partial charge is 0.137 e. The van der Waals surface area contributed by atoms with Crippen LogP contribution in [-0.4, -0.2) is 20.2 Å². The van der Waals surface area contributed by atoms with E-state index in [1.54, 1.807) is 6.20 Å². The van der Waals surface area contributed by atoms with Crippen LogP contribution in [0.15, 0.2) is 30.7 Å². The van der Waals surface area contributed by atoms with Crippen LogP contribution in [0.5, 0.6) is 0 Å². The van der Waals surface area contributed by atoms with Gasteiger partial charge in [0.15, 0.2) is 0 Å². The van der Waals surface area contributed by atoms with Crippen molar-refractivity contribution < 1.29 is 0 Å². The van der Waals surface area contributed by atoms with Gasteiger partial charge in [0.2, 0.25) is 0 Å². The molecular weight excluding hydrogens is 188 g/mol. The van der Waals surface area contributed by atoms with Gasteiger partial charge in [0.1, 0.15) is 5.65 Å². The maximum absolute atomic E-state index is 4.26.